The molecule has 0 fully saturated rings. The molecule has 0 spiro atoms. The third kappa shape index (κ3) is 2.61. The van der Waals surface area contributed by atoms with Gasteiger partial charge < -0.3 is 0 Å². The second-order valence-corrected chi connectivity index (χ2v) is 5.09. The fraction of sp³-hybridized carbons (Fsp3) is 0.0714. The van der Waals surface area contributed by atoms with Gasteiger partial charge in [0.05, 0.1) is 16.8 Å². The first-order chi connectivity index (χ1) is 10.3. The number of thioether (sulfide) groups is 1. The molecule has 102 valence electrons. The van der Waals surface area contributed by atoms with Crippen LogP contribution in [0.3, 0.4) is 0 Å². The first-order valence-electron chi connectivity index (χ1n) is 6.10. The summed E-state index contributed by atoms with van der Waals surface area (Å²) in [6.45, 7) is 0. The zero-order valence-corrected chi connectivity index (χ0v) is 11.6. The lowest BCUT2D eigenvalue weighted by Crippen LogP contribution is -2.23. The molecule has 1 aromatic carbocycles. The highest BCUT2D eigenvalue weighted by atomic mass is 32.2. The van der Waals surface area contributed by atoms with Crippen molar-refractivity contribution >= 4 is 22.7 Å². The molecule has 21 heavy (non-hydrogen) atoms. The maximum Gasteiger partial charge on any atom is 0.278 e. The molecule has 0 N–H and O–H groups in total. The zero-order valence-electron chi connectivity index (χ0n) is 10.8. The van der Waals surface area contributed by atoms with Crippen molar-refractivity contribution in [2.75, 3.05) is 0 Å². The summed E-state index contributed by atoms with van der Waals surface area (Å²) in [5.74, 6) is 0.252. The molecule has 0 aliphatic rings. The Balaban J connectivity index is 1.91. The van der Waals surface area contributed by atoms with Gasteiger partial charge in [-0.25, -0.2) is 4.98 Å². The van der Waals surface area contributed by atoms with Gasteiger partial charge >= 0.3 is 0 Å². The minimum atomic E-state index is -0.206. The maximum atomic E-state index is 12.3. The highest BCUT2D eigenvalue weighted by Crippen LogP contribution is 2.20. The molecule has 0 radical (unpaired) electrons. The Labute approximate surface area is 124 Å². The van der Waals surface area contributed by atoms with Crippen molar-refractivity contribution in [2.24, 2.45) is 0 Å². The van der Waals surface area contributed by atoms with Crippen molar-refractivity contribution in [3.05, 3.63) is 58.5 Å². The van der Waals surface area contributed by atoms with E-state index in [9.17, 15) is 4.79 Å². The summed E-state index contributed by atoms with van der Waals surface area (Å²) in [5.41, 5.74) is 0.839. The Kier molecular flexibility index (Phi) is 3.62. The normalized spacial score (nSPS) is 10.4. The average Bonchev–Trinajstić information content (AvgIpc) is 2.55. The van der Waals surface area contributed by atoms with Crippen LogP contribution in [0.2, 0.25) is 0 Å². The van der Waals surface area contributed by atoms with Gasteiger partial charge in [0, 0.05) is 6.20 Å². The lowest BCUT2D eigenvalue weighted by molar-refractivity contribution is 0.644. The average molecular weight is 295 g/mol. The summed E-state index contributed by atoms with van der Waals surface area (Å²) in [5, 5.41) is 18.0. The predicted molar refractivity (Wildman–Crippen MR) is 78.6 cm³/mol. The quantitative estimate of drug-likeness (QED) is 0.685. The maximum absolute atomic E-state index is 12.3. The van der Waals surface area contributed by atoms with Gasteiger partial charge in [0.1, 0.15) is 16.6 Å². The largest absolute Gasteiger partial charge is 0.278 e. The second-order valence-electron chi connectivity index (χ2n) is 4.15. The van der Waals surface area contributed by atoms with Gasteiger partial charge in [0.15, 0.2) is 0 Å². The van der Waals surface area contributed by atoms with Crippen molar-refractivity contribution in [2.45, 2.75) is 10.9 Å². The van der Waals surface area contributed by atoms with Gasteiger partial charge in [-0.15, -0.1) is 5.10 Å². The highest BCUT2D eigenvalue weighted by molar-refractivity contribution is 7.98. The molecule has 0 bridgehead atoms. The molecule has 0 aliphatic carbocycles. The van der Waals surface area contributed by atoms with Gasteiger partial charge in [-0.3, -0.25) is 4.79 Å². The lowest BCUT2D eigenvalue weighted by Gasteiger charge is -2.05. The molecule has 7 heteroatoms. The Hall–Kier alpha value is -2.72. The highest BCUT2D eigenvalue weighted by Gasteiger charge is 2.08. The van der Waals surface area contributed by atoms with Crippen molar-refractivity contribution in [1.82, 2.24) is 20.0 Å². The van der Waals surface area contributed by atoms with E-state index in [1.54, 1.807) is 36.5 Å². The van der Waals surface area contributed by atoms with E-state index in [2.05, 4.69) is 21.4 Å². The number of hydrogen-bond donors (Lipinski definition) is 0. The van der Waals surface area contributed by atoms with Crippen LogP contribution in [-0.2, 0) is 5.88 Å². The van der Waals surface area contributed by atoms with Crippen LogP contribution in [0.1, 0.15) is 5.56 Å². The van der Waals surface area contributed by atoms with E-state index in [-0.39, 0.29) is 11.4 Å². The van der Waals surface area contributed by atoms with Gasteiger partial charge in [0.2, 0.25) is 0 Å². The van der Waals surface area contributed by atoms with Crippen LogP contribution in [0.15, 0.2) is 52.4 Å². The molecular weight excluding hydrogens is 286 g/mol. The molecule has 0 saturated carbocycles. The predicted octanol–water partition coefficient (Wildman–Crippen LogP) is 1.81. The molecule has 0 saturated heterocycles. The van der Waals surface area contributed by atoms with Gasteiger partial charge in [-0.2, -0.15) is 9.94 Å². The second kappa shape index (κ2) is 5.73. The first-order valence-corrected chi connectivity index (χ1v) is 7.08. The summed E-state index contributed by atoms with van der Waals surface area (Å²) in [4.78, 5) is 16.4. The van der Waals surface area contributed by atoms with E-state index in [0.717, 1.165) is 0 Å². The Morgan fingerprint density at radius 2 is 2.10 bits per heavy atom. The van der Waals surface area contributed by atoms with E-state index in [1.807, 2.05) is 6.07 Å². The SMILES string of the molecule is N#Cc1cccnc1SCn1nnc2ccccc2c1=O. The van der Waals surface area contributed by atoms with Crippen molar-refractivity contribution in [1.29, 1.82) is 5.26 Å². The monoisotopic (exact) mass is 295 g/mol. The van der Waals surface area contributed by atoms with Crippen LogP contribution in [0.5, 0.6) is 0 Å². The smallest absolute Gasteiger partial charge is 0.267 e. The summed E-state index contributed by atoms with van der Waals surface area (Å²) in [6, 6.07) is 12.5. The summed E-state index contributed by atoms with van der Waals surface area (Å²) < 4.78 is 1.27. The van der Waals surface area contributed by atoms with Crippen molar-refractivity contribution < 1.29 is 0 Å². The number of nitrogens with zero attached hydrogens (tertiary/aromatic N) is 5. The topological polar surface area (TPSA) is 84.5 Å². The number of hydrogen-bond acceptors (Lipinski definition) is 6. The fourth-order valence-corrected chi connectivity index (χ4v) is 2.64. The van der Waals surface area contributed by atoms with E-state index >= 15 is 0 Å². The molecule has 0 unspecified atom stereocenters. The van der Waals surface area contributed by atoms with Crippen LogP contribution in [-0.4, -0.2) is 20.0 Å². The molecule has 0 amide bonds. The first kappa shape index (κ1) is 13.3. The van der Waals surface area contributed by atoms with Gasteiger partial charge in [0.25, 0.3) is 5.56 Å². The molecule has 3 aromatic rings. The fourth-order valence-electron chi connectivity index (χ4n) is 1.82. The number of benzene rings is 1. The van der Waals surface area contributed by atoms with Crippen LogP contribution < -0.4 is 5.56 Å². The molecular formula is C14H9N5OS. The minimum Gasteiger partial charge on any atom is -0.267 e. The van der Waals surface area contributed by atoms with Gasteiger partial charge in [-0.1, -0.05) is 29.1 Å². The van der Waals surface area contributed by atoms with E-state index in [4.69, 9.17) is 5.26 Å². The molecule has 3 rings (SSSR count). The Bertz CT molecular complexity index is 899. The van der Waals surface area contributed by atoms with Crippen LogP contribution in [0.4, 0.5) is 0 Å². The summed E-state index contributed by atoms with van der Waals surface area (Å²) in [7, 11) is 0. The standard InChI is InChI=1S/C14H9N5OS/c15-8-10-4-3-7-16-13(10)21-9-19-14(20)11-5-1-2-6-12(11)17-18-19/h1-7H,9H2. The Morgan fingerprint density at radius 3 is 2.95 bits per heavy atom. The summed E-state index contributed by atoms with van der Waals surface area (Å²) in [6.07, 6.45) is 1.61. The summed E-state index contributed by atoms with van der Waals surface area (Å²) >= 11 is 1.27. The number of pyridine rings is 1. The number of rotatable bonds is 3. The molecule has 2 aromatic heterocycles. The molecule has 0 atom stereocenters. The number of fused-ring (bicyclic) bond motifs is 1. The van der Waals surface area contributed by atoms with Crippen LogP contribution in [0, 0.1) is 11.3 Å². The number of nitriles is 1. The van der Waals surface area contributed by atoms with E-state index in [1.165, 1.54) is 16.4 Å². The van der Waals surface area contributed by atoms with Crippen LogP contribution >= 0.6 is 11.8 Å². The lowest BCUT2D eigenvalue weighted by atomic mass is 10.2. The minimum absolute atomic E-state index is 0.206. The third-order valence-corrected chi connectivity index (χ3v) is 3.82. The number of aromatic nitrogens is 4. The van der Waals surface area contributed by atoms with E-state index < -0.39 is 0 Å². The van der Waals surface area contributed by atoms with Crippen molar-refractivity contribution in [3.8, 4) is 6.07 Å². The van der Waals surface area contributed by atoms with Crippen LogP contribution in [0.25, 0.3) is 10.9 Å². The van der Waals surface area contributed by atoms with Gasteiger partial charge in [-0.05, 0) is 24.3 Å². The Morgan fingerprint density at radius 1 is 1.24 bits per heavy atom. The third-order valence-electron chi connectivity index (χ3n) is 2.84. The molecule has 0 aliphatic heterocycles. The molecule has 2 heterocycles. The van der Waals surface area contributed by atoms with E-state index in [0.29, 0.717) is 21.5 Å². The molecule has 6 nitrogen and oxygen atoms in total. The van der Waals surface area contributed by atoms with Crippen molar-refractivity contribution in [3.63, 3.8) is 0 Å². The zero-order chi connectivity index (χ0) is 14.7.